The first-order chi connectivity index (χ1) is 11.7. The maximum absolute atomic E-state index is 2.40. The molecule has 0 heterocycles. The fraction of sp³-hybridized carbons (Fsp3) is 0.478. The Morgan fingerprint density at radius 2 is 1.25 bits per heavy atom. The molecule has 0 spiro atoms. The van der Waals surface area contributed by atoms with Gasteiger partial charge in [0.2, 0.25) is 0 Å². The SMILES string of the molecule is CCCCCCP(c1ccc(C)cc1)c1ccc(CCCC)cc1. The summed E-state index contributed by atoms with van der Waals surface area (Å²) < 4.78 is 0. The Morgan fingerprint density at radius 3 is 1.83 bits per heavy atom. The lowest BCUT2D eigenvalue weighted by Gasteiger charge is -2.19. The molecule has 0 nitrogen and oxygen atoms in total. The number of hydrogen-bond donors (Lipinski definition) is 0. The molecule has 1 atom stereocenters. The fourth-order valence-electron chi connectivity index (χ4n) is 3.05. The fourth-order valence-corrected chi connectivity index (χ4v) is 5.42. The normalized spacial score (nSPS) is 12.3. The van der Waals surface area contributed by atoms with E-state index in [-0.39, 0.29) is 7.92 Å². The maximum atomic E-state index is 2.40. The number of rotatable bonds is 10. The highest BCUT2D eigenvalue weighted by atomic mass is 31.1. The molecule has 130 valence electrons. The summed E-state index contributed by atoms with van der Waals surface area (Å²) in [6, 6.07) is 18.8. The van der Waals surface area contributed by atoms with Gasteiger partial charge in [0.1, 0.15) is 0 Å². The van der Waals surface area contributed by atoms with Gasteiger partial charge >= 0.3 is 0 Å². The molecule has 0 N–H and O–H groups in total. The second kappa shape index (κ2) is 10.7. The number of benzene rings is 2. The van der Waals surface area contributed by atoms with Gasteiger partial charge in [-0.25, -0.2) is 0 Å². The molecule has 0 aliphatic rings. The molecule has 24 heavy (non-hydrogen) atoms. The molecule has 0 amide bonds. The van der Waals surface area contributed by atoms with Crippen LogP contribution in [0, 0.1) is 6.92 Å². The van der Waals surface area contributed by atoms with Gasteiger partial charge in [0.15, 0.2) is 0 Å². The van der Waals surface area contributed by atoms with Gasteiger partial charge in [-0.05, 0) is 56.4 Å². The summed E-state index contributed by atoms with van der Waals surface area (Å²) in [5.41, 5.74) is 2.85. The summed E-state index contributed by atoms with van der Waals surface area (Å²) in [5.74, 6) is 0. The predicted octanol–water partition coefficient (Wildman–Crippen LogP) is 6.35. The van der Waals surface area contributed by atoms with Crippen molar-refractivity contribution in [3.05, 3.63) is 59.7 Å². The molecule has 1 unspecified atom stereocenters. The first-order valence-corrected chi connectivity index (χ1v) is 11.2. The average Bonchev–Trinajstić information content (AvgIpc) is 2.62. The van der Waals surface area contributed by atoms with Crippen molar-refractivity contribution in [2.75, 3.05) is 6.16 Å². The molecule has 0 fully saturated rings. The number of hydrogen-bond acceptors (Lipinski definition) is 0. The molecule has 0 saturated heterocycles. The van der Waals surface area contributed by atoms with E-state index in [4.69, 9.17) is 0 Å². The van der Waals surface area contributed by atoms with E-state index < -0.39 is 0 Å². The predicted molar refractivity (Wildman–Crippen MR) is 111 cm³/mol. The van der Waals surface area contributed by atoms with Crippen LogP contribution in [-0.4, -0.2) is 6.16 Å². The summed E-state index contributed by atoms with van der Waals surface area (Å²) >= 11 is 0. The van der Waals surface area contributed by atoms with Gasteiger partial charge in [-0.2, -0.15) is 0 Å². The van der Waals surface area contributed by atoms with E-state index in [0.29, 0.717) is 0 Å². The Labute approximate surface area is 150 Å². The van der Waals surface area contributed by atoms with E-state index in [2.05, 4.69) is 69.3 Å². The van der Waals surface area contributed by atoms with Crippen molar-refractivity contribution < 1.29 is 0 Å². The van der Waals surface area contributed by atoms with Crippen LogP contribution < -0.4 is 10.6 Å². The summed E-state index contributed by atoms with van der Waals surface area (Å²) in [7, 11) is -0.205. The molecule has 2 aromatic rings. The Bertz CT molecular complexity index is 568. The van der Waals surface area contributed by atoms with Gasteiger partial charge in [-0.1, -0.05) is 93.6 Å². The van der Waals surface area contributed by atoms with Crippen molar-refractivity contribution in [2.24, 2.45) is 0 Å². The molecule has 2 aromatic carbocycles. The van der Waals surface area contributed by atoms with Gasteiger partial charge < -0.3 is 0 Å². The topological polar surface area (TPSA) is 0 Å². The largest absolute Gasteiger partial charge is 0.0654 e. The van der Waals surface area contributed by atoms with Crippen molar-refractivity contribution in [2.45, 2.75) is 65.7 Å². The molecular weight excluding hydrogens is 307 g/mol. The Balaban J connectivity index is 2.13. The van der Waals surface area contributed by atoms with Gasteiger partial charge in [0.25, 0.3) is 0 Å². The van der Waals surface area contributed by atoms with Crippen molar-refractivity contribution in [1.82, 2.24) is 0 Å². The molecule has 2 rings (SSSR count). The van der Waals surface area contributed by atoms with E-state index in [9.17, 15) is 0 Å². The second-order valence-corrected chi connectivity index (χ2v) is 9.15. The van der Waals surface area contributed by atoms with Crippen LogP contribution in [0.3, 0.4) is 0 Å². The van der Waals surface area contributed by atoms with Crippen LogP contribution in [0.2, 0.25) is 0 Å². The van der Waals surface area contributed by atoms with E-state index in [1.165, 1.54) is 67.5 Å². The number of aryl methyl sites for hydroxylation is 2. The van der Waals surface area contributed by atoms with E-state index in [0.717, 1.165) is 0 Å². The van der Waals surface area contributed by atoms with Crippen LogP contribution in [0.15, 0.2) is 48.5 Å². The smallest absolute Gasteiger partial charge is 0.0195 e. The van der Waals surface area contributed by atoms with Crippen molar-refractivity contribution in [3.63, 3.8) is 0 Å². The molecule has 0 radical (unpaired) electrons. The lowest BCUT2D eigenvalue weighted by molar-refractivity contribution is 0.705. The summed E-state index contributed by atoms with van der Waals surface area (Å²) in [6.45, 7) is 6.73. The van der Waals surface area contributed by atoms with E-state index >= 15 is 0 Å². The minimum atomic E-state index is -0.205. The van der Waals surface area contributed by atoms with Gasteiger partial charge in [0, 0.05) is 0 Å². The third-order valence-electron chi connectivity index (χ3n) is 4.65. The van der Waals surface area contributed by atoms with Gasteiger partial charge in [0.05, 0.1) is 0 Å². The average molecular weight is 340 g/mol. The Hall–Kier alpha value is -1.13. The summed E-state index contributed by atoms with van der Waals surface area (Å²) in [6.07, 6.45) is 10.5. The highest BCUT2D eigenvalue weighted by Gasteiger charge is 2.13. The lowest BCUT2D eigenvalue weighted by atomic mass is 10.1. The van der Waals surface area contributed by atoms with Crippen molar-refractivity contribution in [1.29, 1.82) is 0 Å². The molecule has 0 bridgehead atoms. The zero-order valence-corrected chi connectivity index (χ0v) is 16.6. The third kappa shape index (κ3) is 6.06. The molecule has 0 aliphatic heterocycles. The van der Waals surface area contributed by atoms with E-state index in [1.807, 2.05) is 0 Å². The van der Waals surface area contributed by atoms with Crippen molar-refractivity contribution >= 4 is 18.5 Å². The van der Waals surface area contributed by atoms with E-state index in [1.54, 1.807) is 5.30 Å². The van der Waals surface area contributed by atoms with Crippen molar-refractivity contribution in [3.8, 4) is 0 Å². The quantitative estimate of drug-likeness (QED) is 0.349. The summed E-state index contributed by atoms with van der Waals surface area (Å²) in [5, 5.41) is 3.08. The van der Waals surface area contributed by atoms with Crippen LogP contribution in [0.25, 0.3) is 0 Å². The van der Waals surface area contributed by atoms with Gasteiger partial charge in [-0.15, -0.1) is 0 Å². The van der Waals surface area contributed by atoms with Gasteiger partial charge in [-0.3, -0.25) is 0 Å². The first kappa shape index (κ1) is 19.2. The molecular formula is C23H33P. The standard InChI is InChI=1S/C23H33P/c1-4-6-8-9-19-24(22-15-11-20(3)12-16-22)23-17-13-21(14-18-23)10-7-5-2/h11-18H,4-10,19H2,1-3H3. The molecule has 0 aromatic heterocycles. The first-order valence-electron chi connectivity index (χ1n) is 9.67. The maximum Gasteiger partial charge on any atom is -0.0195 e. The van der Waals surface area contributed by atoms with Crippen LogP contribution in [0.4, 0.5) is 0 Å². The van der Waals surface area contributed by atoms with Crippen LogP contribution in [0.5, 0.6) is 0 Å². The highest BCUT2D eigenvalue weighted by molar-refractivity contribution is 7.73. The Morgan fingerprint density at radius 1 is 0.667 bits per heavy atom. The minimum absolute atomic E-state index is 0.205. The lowest BCUT2D eigenvalue weighted by Crippen LogP contribution is -2.14. The van der Waals surface area contributed by atoms with Crippen LogP contribution in [-0.2, 0) is 6.42 Å². The minimum Gasteiger partial charge on any atom is -0.0654 e. The Kier molecular flexibility index (Phi) is 8.54. The molecule has 0 aliphatic carbocycles. The zero-order valence-electron chi connectivity index (χ0n) is 15.7. The highest BCUT2D eigenvalue weighted by Crippen LogP contribution is 2.35. The molecule has 0 saturated carbocycles. The molecule has 1 heteroatoms. The third-order valence-corrected chi connectivity index (χ3v) is 7.25. The van der Waals surface area contributed by atoms with Crippen LogP contribution >= 0.6 is 7.92 Å². The second-order valence-electron chi connectivity index (χ2n) is 6.82. The monoisotopic (exact) mass is 340 g/mol. The summed E-state index contributed by atoms with van der Waals surface area (Å²) in [4.78, 5) is 0. The van der Waals surface area contributed by atoms with Crippen LogP contribution in [0.1, 0.15) is 63.5 Å². The zero-order chi connectivity index (χ0) is 17.2. The number of unbranched alkanes of at least 4 members (excludes halogenated alkanes) is 4.